The van der Waals surface area contributed by atoms with Crippen molar-refractivity contribution in [3.05, 3.63) is 84.2 Å². The van der Waals surface area contributed by atoms with Crippen LogP contribution in [0.5, 0.6) is 11.8 Å². The Hall–Kier alpha value is -4.24. The average Bonchev–Trinajstić information content (AvgIpc) is 3.29. The highest BCUT2D eigenvalue weighted by Gasteiger charge is 2.15. The number of methoxy groups -OCH3 is 2. The van der Waals surface area contributed by atoms with Crippen LogP contribution < -0.4 is 14.8 Å². The number of carbonyl (C=O) groups excluding carboxylic acids is 1. The highest BCUT2D eigenvalue weighted by Crippen LogP contribution is 2.25. The highest BCUT2D eigenvalue weighted by molar-refractivity contribution is 6.04. The van der Waals surface area contributed by atoms with Gasteiger partial charge >= 0.3 is 6.01 Å². The van der Waals surface area contributed by atoms with E-state index in [2.05, 4.69) is 15.4 Å². The van der Waals surface area contributed by atoms with Crippen molar-refractivity contribution in [1.29, 1.82) is 0 Å². The van der Waals surface area contributed by atoms with E-state index in [0.29, 0.717) is 47.3 Å². The molecule has 4 aromatic rings. The van der Waals surface area contributed by atoms with E-state index >= 15 is 0 Å². The number of aromatic nitrogens is 3. The molecular weight excluding hydrogens is 439 g/mol. The number of ether oxygens (including phenoxy) is 3. The quantitative estimate of drug-likeness (QED) is 0.372. The summed E-state index contributed by atoms with van der Waals surface area (Å²) in [5.74, 6) is 0.488. The third-order valence-corrected chi connectivity index (χ3v) is 4.91. The minimum absolute atomic E-state index is 0.173. The Morgan fingerprint density at radius 1 is 1.00 bits per heavy atom. The molecule has 1 aromatic heterocycles. The Morgan fingerprint density at radius 2 is 1.76 bits per heavy atom. The summed E-state index contributed by atoms with van der Waals surface area (Å²) >= 11 is 0. The summed E-state index contributed by atoms with van der Waals surface area (Å²) < 4.78 is 30.8. The van der Waals surface area contributed by atoms with Gasteiger partial charge in [-0.2, -0.15) is 4.98 Å². The van der Waals surface area contributed by atoms with E-state index in [-0.39, 0.29) is 17.7 Å². The van der Waals surface area contributed by atoms with Crippen LogP contribution in [0.25, 0.3) is 17.1 Å². The summed E-state index contributed by atoms with van der Waals surface area (Å²) in [5.41, 5.74) is 2.45. The van der Waals surface area contributed by atoms with Crippen molar-refractivity contribution in [2.75, 3.05) is 32.8 Å². The molecule has 0 bridgehead atoms. The molecule has 0 aliphatic carbocycles. The van der Waals surface area contributed by atoms with Crippen LogP contribution in [0.2, 0.25) is 0 Å². The van der Waals surface area contributed by atoms with Crippen LogP contribution in [0.4, 0.5) is 10.1 Å². The van der Waals surface area contributed by atoms with E-state index in [1.165, 1.54) is 12.1 Å². The van der Waals surface area contributed by atoms with Crippen LogP contribution in [-0.4, -0.2) is 48.1 Å². The van der Waals surface area contributed by atoms with Crippen molar-refractivity contribution >= 4 is 11.6 Å². The Morgan fingerprint density at radius 3 is 2.47 bits per heavy atom. The first kappa shape index (κ1) is 22.9. The number of benzene rings is 3. The molecule has 1 heterocycles. The molecule has 0 saturated heterocycles. The van der Waals surface area contributed by atoms with Gasteiger partial charge in [0.15, 0.2) is 5.82 Å². The number of nitrogens with zero attached hydrogens (tertiary/aromatic N) is 3. The third kappa shape index (κ3) is 5.38. The minimum Gasteiger partial charge on any atom is -0.497 e. The molecule has 34 heavy (non-hydrogen) atoms. The summed E-state index contributed by atoms with van der Waals surface area (Å²) in [5, 5.41) is 7.30. The van der Waals surface area contributed by atoms with E-state index in [9.17, 15) is 9.18 Å². The fraction of sp³-hybridized carbons (Fsp3) is 0.160. The van der Waals surface area contributed by atoms with Crippen LogP contribution in [0.15, 0.2) is 72.8 Å². The van der Waals surface area contributed by atoms with Gasteiger partial charge in [-0.1, -0.05) is 6.07 Å². The van der Waals surface area contributed by atoms with Gasteiger partial charge in [0, 0.05) is 23.9 Å². The maximum absolute atomic E-state index is 13.4. The van der Waals surface area contributed by atoms with Gasteiger partial charge in [0.25, 0.3) is 5.91 Å². The molecule has 1 amide bonds. The number of halogens is 1. The predicted octanol–water partition coefficient (Wildman–Crippen LogP) is 4.36. The first-order chi connectivity index (χ1) is 16.6. The number of hydrogen-bond donors (Lipinski definition) is 1. The molecule has 4 rings (SSSR count). The van der Waals surface area contributed by atoms with E-state index in [0.717, 1.165) is 0 Å². The van der Waals surface area contributed by atoms with Crippen molar-refractivity contribution in [1.82, 2.24) is 14.8 Å². The van der Waals surface area contributed by atoms with Gasteiger partial charge in [-0.3, -0.25) is 4.79 Å². The van der Waals surface area contributed by atoms with Gasteiger partial charge in [-0.15, -0.1) is 5.10 Å². The first-order valence-electron chi connectivity index (χ1n) is 10.5. The summed E-state index contributed by atoms with van der Waals surface area (Å²) in [4.78, 5) is 17.0. The SMILES string of the molecule is COCCOc1nc(-c2ccc(F)cc2)n(-c2ccc(NC(=O)c3cccc(OC)c3)cc2)n1. The molecule has 0 fully saturated rings. The second kappa shape index (κ2) is 10.6. The lowest BCUT2D eigenvalue weighted by Crippen LogP contribution is -2.12. The predicted molar refractivity (Wildman–Crippen MR) is 125 cm³/mol. The molecule has 0 spiro atoms. The van der Waals surface area contributed by atoms with Crippen LogP contribution >= 0.6 is 0 Å². The number of nitrogens with one attached hydrogen (secondary N) is 1. The van der Waals surface area contributed by atoms with Crippen molar-refractivity contribution in [3.8, 4) is 28.8 Å². The molecule has 0 radical (unpaired) electrons. The monoisotopic (exact) mass is 462 g/mol. The third-order valence-electron chi connectivity index (χ3n) is 4.91. The van der Waals surface area contributed by atoms with Crippen molar-refractivity contribution < 1.29 is 23.4 Å². The first-order valence-corrected chi connectivity index (χ1v) is 10.5. The molecule has 8 nitrogen and oxygen atoms in total. The lowest BCUT2D eigenvalue weighted by Gasteiger charge is -2.09. The minimum atomic E-state index is -0.345. The molecule has 3 aromatic carbocycles. The topological polar surface area (TPSA) is 87.5 Å². The molecule has 0 unspecified atom stereocenters. The van der Waals surface area contributed by atoms with E-state index in [1.54, 1.807) is 79.6 Å². The number of carbonyl (C=O) groups is 1. The Balaban J connectivity index is 1.58. The van der Waals surface area contributed by atoms with Crippen molar-refractivity contribution in [2.24, 2.45) is 0 Å². The zero-order chi connectivity index (χ0) is 23.9. The standard InChI is InChI=1S/C25H23FN4O4/c1-32-14-15-34-25-28-23(17-6-8-19(26)9-7-17)30(29-25)21-12-10-20(11-13-21)27-24(31)18-4-3-5-22(16-18)33-2/h3-13,16H,14-15H2,1-2H3,(H,27,31). The summed E-state index contributed by atoms with van der Waals surface area (Å²) in [6, 6.07) is 20.1. The van der Waals surface area contributed by atoms with Crippen molar-refractivity contribution in [2.45, 2.75) is 0 Å². The molecule has 1 N–H and O–H groups in total. The molecular formula is C25H23FN4O4. The van der Waals surface area contributed by atoms with Gasteiger partial charge in [0.2, 0.25) is 0 Å². The zero-order valence-electron chi connectivity index (χ0n) is 18.7. The summed E-state index contributed by atoms with van der Waals surface area (Å²) in [6.45, 7) is 0.681. The number of amides is 1. The lowest BCUT2D eigenvalue weighted by molar-refractivity contribution is 0.102. The Kier molecular flexibility index (Phi) is 7.14. The summed E-state index contributed by atoms with van der Waals surface area (Å²) in [6.07, 6.45) is 0. The van der Waals surface area contributed by atoms with Crippen LogP contribution in [0, 0.1) is 5.82 Å². The van der Waals surface area contributed by atoms with E-state index in [4.69, 9.17) is 14.2 Å². The summed E-state index contributed by atoms with van der Waals surface area (Å²) in [7, 11) is 3.13. The molecule has 0 saturated carbocycles. The van der Waals surface area contributed by atoms with Gasteiger partial charge < -0.3 is 19.5 Å². The van der Waals surface area contributed by atoms with Gasteiger partial charge in [-0.25, -0.2) is 9.07 Å². The molecule has 0 aliphatic heterocycles. The molecule has 174 valence electrons. The molecule has 9 heteroatoms. The van der Waals surface area contributed by atoms with Crippen LogP contribution in [0.3, 0.4) is 0 Å². The van der Waals surface area contributed by atoms with Crippen LogP contribution in [0.1, 0.15) is 10.4 Å². The van der Waals surface area contributed by atoms with E-state index < -0.39 is 0 Å². The van der Waals surface area contributed by atoms with Gasteiger partial charge in [-0.05, 0) is 66.7 Å². The lowest BCUT2D eigenvalue weighted by atomic mass is 10.2. The molecule has 0 aliphatic rings. The van der Waals surface area contributed by atoms with Gasteiger partial charge in [0.05, 0.1) is 19.4 Å². The van der Waals surface area contributed by atoms with E-state index in [1.807, 2.05) is 0 Å². The molecule has 0 atom stereocenters. The number of hydrogen-bond acceptors (Lipinski definition) is 6. The Bertz CT molecular complexity index is 1260. The highest BCUT2D eigenvalue weighted by atomic mass is 19.1. The smallest absolute Gasteiger partial charge is 0.336 e. The normalized spacial score (nSPS) is 10.7. The zero-order valence-corrected chi connectivity index (χ0v) is 18.7. The number of anilines is 1. The second-order valence-corrected chi connectivity index (χ2v) is 7.21. The maximum atomic E-state index is 13.4. The maximum Gasteiger partial charge on any atom is 0.336 e. The number of rotatable bonds is 9. The Labute approximate surface area is 195 Å². The van der Waals surface area contributed by atoms with Crippen molar-refractivity contribution in [3.63, 3.8) is 0 Å². The fourth-order valence-corrected chi connectivity index (χ4v) is 3.19. The van der Waals surface area contributed by atoms with Crippen LogP contribution in [-0.2, 0) is 4.74 Å². The fourth-order valence-electron chi connectivity index (χ4n) is 3.19. The average molecular weight is 462 g/mol. The largest absolute Gasteiger partial charge is 0.497 e. The second-order valence-electron chi connectivity index (χ2n) is 7.21. The van der Waals surface area contributed by atoms with Gasteiger partial charge in [0.1, 0.15) is 18.2 Å².